The van der Waals surface area contributed by atoms with E-state index in [4.69, 9.17) is 0 Å². The Bertz CT molecular complexity index is 1370. The molecule has 3 aromatic rings. The molecular formula is C27H32F3N5O2S. The summed E-state index contributed by atoms with van der Waals surface area (Å²) in [5, 5.41) is 0. The maximum atomic E-state index is 13.2. The van der Waals surface area contributed by atoms with Crippen LogP contribution < -0.4 is 9.62 Å². The Hall–Kier alpha value is -3.18. The van der Waals surface area contributed by atoms with E-state index in [9.17, 15) is 21.6 Å². The van der Waals surface area contributed by atoms with Crippen LogP contribution >= 0.6 is 0 Å². The minimum atomic E-state index is -4.36. The number of nitrogens with one attached hydrogen (secondary N) is 1. The molecular weight excluding hydrogens is 515 g/mol. The van der Waals surface area contributed by atoms with Gasteiger partial charge in [-0.2, -0.15) is 13.2 Å². The topological polar surface area (TPSA) is 78.4 Å². The molecule has 0 radical (unpaired) electrons. The van der Waals surface area contributed by atoms with Crippen LogP contribution in [0.1, 0.15) is 36.0 Å². The zero-order chi connectivity index (χ0) is 27.6. The first kappa shape index (κ1) is 27.8. The second-order valence-corrected chi connectivity index (χ2v) is 11.6. The highest BCUT2D eigenvalue weighted by molar-refractivity contribution is 7.92. The summed E-state index contributed by atoms with van der Waals surface area (Å²) in [4.78, 5) is 12.3. The van der Waals surface area contributed by atoms with E-state index in [1.807, 2.05) is 20.2 Å². The van der Waals surface area contributed by atoms with Gasteiger partial charge in [-0.15, -0.1) is 0 Å². The number of hydrogen-bond acceptors (Lipinski definition) is 6. The number of aromatic nitrogens is 2. The lowest BCUT2D eigenvalue weighted by Gasteiger charge is -2.48. The zero-order valence-corrected chi connectivity index (χ0v) is 22.5. The highest BCUT2D eigenvalue weighted by atomic mass is 32.2. The molecule has 38 heavy (non-hydrogen) atoms. The van der Waals surface area contributed by atoms with E-state index in [-0.39, 0.29) is 16.3 Å². The van der Waals surface area contributed by atoms with Crippen molar-refractivity contribution in [3.05, 3.63) is 77.7 Å². The summed E-state index contributed by atoms with van der Waals surface area (Å²) in [7, 11) is 0.190. The molecule has 7 nitrogen and oxygen atoms in total. The van der Waals surface area contributed by atoms with Crippen LogP contribution in [0.3, 0.4) is 0 Å². The number of anilines is 2. The van der Waals surface area contributed by atoms with Crippen LogP contribution in [0, 0.1) is 6.92 Å². The zero-order valence-electron chi connectivity index (χ0n) is 21.7. The number of rotatable bonds is 8. The second kappa shape index (κ2) is 10.9. The predicted molar refractivity (Wildman–Crippen MR) is 142 cm³/mol. The number of benzene rings is 2. The SMILES string of the molecule is Cc1cc(N2CCCC(CCc3cccc(C(F)(F)F)c3)(N(C)C)C2)ccc1S(=O)(=O)Nc1ccncn1. The van der Waals surface area contributed by atoms with E-state index in [0.29, 0.717) is 30.5 Å². The van der Waals surface area contributed by atoms with Crippen molar-refractivity contribution < 1.29 is 21.6 Å². The summed E-state index contributed by atoms with van der Waals surface area (Å²) >= 11 is 0. The number of halogens is 3. The van der Waals surface area contributed by atoms with Crippen molar-refractivity contribution >= 4 is 21.5 Å². The fourth-order valence-electron chi connectivity index (χ4n) is 5.08. The van der Waals surface area contributed by atoms with Gasteiger partial charge >= 0.3 is 6.18 Å². The number of likely N-dealkylation sites (N-methyl/N-ethyl adjacent to an activating group) is 1. The Labute approximate surface area is 221 Å². The minimum absolute atomic E-state index is 0.167. The van der Waals surface area contributed by atoms with Gasteiger partial charge in [-0.3, -0.25) is 4.72 Å². The second-order valence-electron chi connectivity index (χ2n) is 9.99. The summed E-state index contributed by atoms with van der Waals surface area (Å²) in [6.45, 7) is 3.25. The van der Waals surface area contributed by atoms with Gasteiger partial charge in [0.25, 0.3) is 10.0 Å². The predicted octanol–water partition coefficient (Wildman–Crippen LogP) is 5.14. The molecule has 1 fully saturated rings. The van der Waals surface area contributed by atoms with Crippen LogP contribution in [0.25, 0.3) is 0 Å². The molecule has 1 aromatic heterocycles. The summed E-state index contributed by atoms with van der Waals surface area (Å²) < 4.78 is 67.9. The van der Waals surface area contributed by atoms with Gasteiger partial charge in [0.1, 0.15) is 12.1 Å². The molecule has 2 aromatic carbocycles. The fourth-order valence-corrected chi connectivity index (χ4v) is 6.32. The molecule has 2 heterocycles. The van der Waals surface area contributed by atoms with Crippen LogP contribution in [-0.4, -0.2) is 56.0 Å². The van der Waals surface area contributed by atoms with Crippen molar-refractivity contribution in [1.82, 2.24) is 14.9 Å². The highest BCUT2D eigenvalue weighted by Crippen LogP contribution is 2.35. The van der Waals surface area contributed by atoms with Crippen LogP contribution in [0.4, 0.5) is 24.7 Å². The molecule has 1 atom stereocenters. The monoisotopic (exact) mass is 547 g/mol. The lowest BCUT2D eigenvalue weighted by molar-refractivity contribution is -0.137. The Morgan fingerprint density at radius 1 is 1.13 bits per heavy atom. The van der Waals surface area contributed by atoms with Crippen molar-refractivity contribution in [3.8, 4) is 0 Å². The molecule has 0 aliphatic carbocycles. The number of nitrogens with zero attached hydrogens (tertiary/aromatic N) is 4. The van der Waals surface area contributed by atoms with Gasteiger partial charge in [0.05, 0.1) is 10.5 Å². The van der Waals surface area contributed by atoms with Crippen molar-refractivity contribution in [2.24, 2.45) is 0 Å². The van der Waals surface area contributed by atoms with Crippen LogP contribution in [0.5, 0.6) is 0 Å². The number of alkyl halides is 3. The standard InChI is InChI=1S/C27H32F3N5O2S/c1-20-16-23(8-9-24(20)38(36,37)33-25-11-14-31-19-32-25)35-15-5-12-26(18-35,34(2)3)13-10-21-6-4-7-22(17-21)27(28,29)30/h4,6-9,11,14,16-17,19H,5,10,12-13,15,18H2,1-3H3,(H,31,32,33). The van der Waals surface area contributed by atoms with Crippen LogP contribution in [0.15, 0.2) is 66.0 Å². The van der Waals surface area contributed by atoms with Crippen molar-refractivity contribution in [1.29, 1.82) is 0 Å². The van der Waals surface area contributed by atoms with E-state index in [2.05, 4.69) is 24.5 Å². The number of hydrogen-bond donors (Lipinski definition) is 1. The van der Waals surface area contributed by atoms with E-state index >= 15 is 0 Å². The summed E-state index contributed by atoms with van der Waals surface area (Å²) in [6.07, 6.45) is 1.43. The molecule has 0 amide bonds. The van der Waals surface area contributed by atoms with Crippen molar-refractivity contribution in [2.75, 3.05) is 36.8 Å². The van der Waals surface area contributed by atoms with Gasteiger partial charge in [-0.05, 0) is 88.2 Å². The van der Waals surface area contributed by atoms with Gasteiger partial charge in [-0.1, -0.05) is 18.2 Å². The van der Waals surface area contributed by atoms with Crippen LogP contribution in [0.2, 0.25) is 0 Å². The van der Waals surface area contributed by atoms with Gasteiger partial charge < -0.3 is 9.80 Å². The summed E-state index contributed by atoms with van der Waals surface area (Å²) in [5.74, 6) is 0.191. The Morgan fingerprint density at radius 3 is 2.58 bits per heavy atom. The average Bonchev–Trinajstić information content (AvgIpc) is 2.87. The first-order valence-electron chi connectivity index (χ1n) is 12.4. The Balaban J connectivity index is 1.52. The molecule has 1 aliphatic rings. The molecule has 1 N–H and O–H groups in total. The lowest BCUT2D eigenvalue weighted by atomic mass is 9.82. The third-order valence-corrected chi connectivity index (χ3v) is 8.79. The number of aryl methyl sites for hydroxylation is 2. The van der Waals surface area contributed by atoms with Crippen molar-refractivity contribution in [2.45, 2.75) is 49.2 Å². The van der Waals surface area contributed by atoms with E-state index < -0.39 is 21.8 Å². The average molecular weight is 548 g/mol. The third-order valence-electron chi connectivity index (χ3n) is 7.27. The lowest BCUT2D eigenvalue weighted by Crippen LogP contribution is -2.56. The normalized spacial score (nSPS) is 18.6. The van der Waals surface area contributed by atoms with Gasteiger partial charge in [0.2, 0.25) is 0 Å². The maximum Gasteiger partial charge on any atom is 0.416 e. The molecule has 1 aliphatic heterocycles. The highest BCUT2D eigenvalue weighted by Gasteiger charge is 2.38. The summed E-state index contributed by atoms with van der Waals surface area (Å²) in [6, 6.07) is 12.3. The Kier molecular flexibility index (Phi) is 7.98. The van der Waals surface area contributed by atoms with Crippen LogP contribution in [-0.2, 0) is 22.6 Å². The van der Waals surface area contributed by atoms with E-state index in [1.54, 1.807) is 25.1 Å². The molecule has 11 heteroatoms. The smallest absolute Gasteiger partial charge is 0.370 e. The quantitative estimate of drug-likeness (QED) is 0.421. The van der Waals surface area contributed by atoms with E-state index in [1.165, 1.54) is 30.7 Å². The van der Waals surface area contributed by atoms with Crippen molar-refractivity contribution in [3.63, 3.8) is 0 Å². The first-order chi connectivity index (χ1) is 17.9. The Morgan fingerprint density at radius 2 is 1.92 bits per heavy atom. The number of sulfonamides is 1. The molecule has 4 rings (SSSR count). The fraction of sp³-hybridized carbons (Fsp3) is 0.407. The molecule has 1 saturated heterocycles. The molecule has 0 saturated carbocycles. The molecule has 204 valence electrons. The maximum absolute atomic E-state index is 13.2. The minimum Gasteiger partial charge on any atom is -0.370 e. The molecule has 0 bridgehead atoms. The summed E-state index contributed by atoms with van der Waals surface area (Å²) in [5.41, 5.74) is 1.32. The molecule has 1 unspecified atom stereocenters. The molecule has 0 spiro atoms. The number of piperidine rings is 1. The van der Waals surface area contributed by atoms with Gasteiger partial charge in [0, 0.05) is 30.5 Å². The van der Waals surface area contributed by atoms with Gasteiger partial charge in [-0.25, -0.2) is 18.4 Å². The third kappa shape index (κ3) is 6.27. The first-order valence-corrected chi connectivity index (χ1v) is 13.9. The van der Waals surface area contributed by atoms with Gasteiger partial charge in [0.15, 0.2) is 0 Å². The largest absolute Gasteiger partial charge is 0.416 e. The van der Waals surface area contributed by atoms with E-state index in [0.717, 1.165) is 31.1 Å².